The first-order valence-electron chi connectivity index (χ1n) is 14.8. The Bertz CT molecular complexity index is 2110. The molecule has 206 valence electrons. The molecule has 0 aliphatic rings. The van der Waals surface area contributed by atoms with Crippen molar-refractivity contribution in [3.63, 3.8) is 0 Å². The highest BCUT2D eigenvalue weighted by Gasteiger charge is 2.16. The SMILES string of the molecule is c1ccc(-c2nc(-c3ccccc3)nc(-c3cc(-c4cccc5ccccc45)cc(-c4cccc5ccccc45)c3)n2)cc1. The van der Waals surface area contributed by atoms with Crippen molar-refractivity contribution >= 4 is 21.5 Å². The molecule has 0 amide bonds. The van der Waals surface area contributed by atoms with E-state index in [0.29, 0.717) is 17.5 Å². The fourth-order valence-electron chi connectivity index (χ4n) is 5.96. The van der Waals surface area contributed by atoms with Gasteiger partial charge < -0.3 is 0 Å². The second-order valence-electron chi connectivity index (χ2n) is 10.9. The Morgan fingerprint density at radius 3 is 1.11 bits per heavy atom. The van der Waals surface area contributed by atoms with Gasteiger partial charge in [0.1, 0.15) is 0 Å². The molecule has 3 nitrogen and oxygen atoms in total. The van der Waals surface area contributed by atoms with Crippen LogP contribution in [0.3, 0.4) is 0 Å². The maximum absolute atomic E-state index is 5.07. The van der Waals surface area contributed by atoms with Crippen LogP contribution in [0.25, 0.3) is 78.0 Å². The molecule has 1 aromatic heterocycles. The van der Waals surface area contributed by atoms with Gasteiger partial charge in [0, 0.05) is 16.7 Å². The summed E-state index contributed by atoms with van der Waals surface area (Å²) in [5.41, 5.74) is 7.42. The molecule has 8 aromatic rings. The zero-order valence-corrected chi connectivity index (χ0v) is 23.9. The summed E-state index contributed by atoms with van der Waals surface area (Å²) in [6.07, 6.45) is 0. The first-order chi connectivity index (χ1) is 21.8. The minimum absolute atomic E-state index is 0.640. The Hall–Kier alpha value is -5.93. The molecule has 0 bridgehead atoms. The third-order valence-electron chi connectivity index (χ3n) is 8.09. The summed E-state index contributed by atoms with van der Waals surface area (Å²) in [4.78, 5) is 15.1. The van der Waals surface area contributed by atoms with E-state index < -0.39 is 0 Å². The van der Waals surface area contributed by atoms with Crippen molar-refractivity contribution in [3.8, 4) is 56.4 Å². The Morgan fingerprint density at radius 1 is 0.273 bits per heavy atom. The van der Waals surface area contributed by atoms with Gasteiger partial charge in [-0.15, -0.1) is 0 Å². The van der Waals surface area contributed by atoms with E-state index in [1.54, 1.807) is 0 Å². The molecule has 3 heteroatoms. The van der Waals surface area contributed by atoms with Crippen molar-refractivity contribution < 1.29 is 0 Å². The van der Waals surface area contributed by atoms with Crippen LogP contribution in [0.15, 0.2) is 164 Å². The summed E-state index contributed by atoms with van der Waals surface area (Å²) < 4.78 is 0. The molecule has 0 radical (unpaired) electrons. The number of benzene rings is 7. The van der Waals surface area contributed by atoms with Crippen LogP contribution >= 0.6 is 0 Å². The summed E-state index contributed by atoms with van der Waals surface area (Å²) in [5, 5.41) is 4.84. The molecule has 0 unspecified atom stereocenters. The minimum Gasteiger partial charge on any atom is -0.208 e. The Kier molecular flexibility index (Phi) is 6.47. The lowest BCUT2D eigenvalue weighted by Crippen LogP contribution is -2.00. The summed E-state index contributed by atoms with van der Waals surface area (Å²) in [6.45, 7) is 0. The monoisotopic (exact) mass is 561 g/mol. The van der Waals surface area contributed by atoms with Gasteiger partial charge in [-0.2, -0.15) is 0 Å². The first kappa shape index (κ1) is 25.8. The molecule has 0 saturated carbocycles. The molecule has 0 spiro atoms. The topological polar surface area (TPSA) is 38.7 Å². The van der Waals surface area contributed by atoms with Gasteiger partial charge >= 0.3 is 0 Å². The second kappa shape index (κ2) is 11.0. The number of fused-ring (bicyclic) bond motifs is 2. The van der Waals surface area contributed by atoms with E-state index in [4.69, 9.17) is 15.0 Å². The zero-order valence-electron chi connectivity index (χ0n) is 23.9. The largest absolute Gasteiger partial charge is 0.208 e. The van der Waals surface area contributed by atoms with E-state index in [9.17, 15) is 0 Å². The molecular weight excluding hydrogens is 534 g/mol. The lowest BCUT2D eigenvalue weighted by Gasteiger charge is -2.14. The summed E-state index contributed by atoms with van der Waals surface area (Å²) in [6, 6.07) is 57.1. The maximum atomic E-state index is 5.07. The molecule has 0 atom stereocenters. The van der Waals surface area contributed by atoms with Gasteiger partial charge in [-0.05, 0) is 62.0 Å². The molecule has 0 aliphatic heterocycles. The smallest absolute Gasteiger partial charge is 0.164 e. The average molecular weight is 562 g/mol. The van der Waals surface area contributed by atoms with E-state index in [1.165, 1.54) is 32.7 Å². The van der Waals surface area contributed by atoms with Gasteiger partial charge in [0.25, 0.3) is 0 Å². The normalized spacial score (nSPS) is 11.2. The highest BCUT2D eigenvalue weighted by atomic mass is 15.0. The average Bonchev–Trinajstić information content (AvgIpc) is 3.11. The van der Waals surface area contributed by atoms with Gasteiger partial charge in [0.15, 0.2) is 17.5 Å². The van der Waals surface area contributed by atoms with Crippen LogP contribution in [0.1, 0.15) is 0 Å². The van der Waals surface area contributed by atoms with Gasteiger partial charge in [0.05, 0.1) is 0 Å². The molecule has 0 aliphatic carbocycles. The van der Waals surface area contributed by atoms with Gasteiger partial charge in [-0.1, -0.05) is 146 Å². The lowest BCUT2D eigenvalue weighted by molar-refractivity contribution is 1.07. The van der Waals surface area contributed by atoms with Crippen LogP contribution in [-0.4, -0.2) is 15.0 Å². The first-order valence-corrected chi connectivity index (χ1v) is 14.8. The van der Waals surface area contributed by atoms with Crippen molar-refractivity contribution in [1.82, 2.24) is 15.0 Å². The molecular formula is C41H27N3. The standard InChI is InChI=1S/C41H27N3/c1-3-15-30(16-4-1)39-42-40(31-17-5-2-6-18-31)44-41(43-39)34-26-32(37-23-11-19-28-13-7-9-21-35(28)37)25-33(27-34)38-24-12-20-29-14-8-10-22-36(29)38/h1-27H. The molecule has 0 saturated heterocycles. The summed E-state index contributed by atoms with van der Waals surface area (Å²) in [7, 11) is 0. The van der Waals surface area contributed by atoms with Crippen molar-refractivity contribution in [3.05, 3.63) is 164 Å². The third-order valence-corrected chi connectivity index (χ3v) is 8.09. The lowest BCUT2D eigenvalue weighted by atomic mass is 9.91. The van der Waals surface area contributed by atoms with E-state index in [-0.39, 0.29) is 0 Å². The summed E-state index contributed by atoms with van der Waals surface area (Å²) in [5.74, 6) is 1.94. The van der Waals surface area contributed by atoms with Crippen LogP contribution in [0.4, 0.5) is 0 Å². The van der Waals surface area contributed by atoms with Gasteiger partial charge in [0.2, 0.25) is 0 Å². The molecule has 0 N–H and O–H groups in total. The zero-order chi connectivity index (χ0) is 29.3. The number of hydrogen-bond acceptors (Lipinski definition) is 3. The molecule has 8 rings (SSSR count). The predicted octanol–water partition coefficient (Wildman–Crippen LogP) is 10.5. The Labute approximate surface area is 256 Å². The second-order valence-corrected chi connectivity index (χ2v) is 10.9. The minimum atomic E-state index is 0.640. The predicted molar refractivity (Wildman–Crippen MR) is 182 cm³/mol. The van der Waals surface area contributed by atoms with E-state index in [2.05, 4.69) is 103 Å². The van der Waals surface area contributed by atoms with Gasteiger partial charge in [-0.25, -0.2) is 15.0 Å². The Morgan fingerprint density at radius 2 is 0.636 bits per heavy atom. The van der Waals surface area contributed by atoms with Crippen molar-refractivity contribution in [2.75, 3.05) is 0 Å². The van der Waals surface area contributed by atoms with Crippen molar-refractivity contribution in [2.45, 2.75) is 0 Å². The quantitative estimate of drug-likeness (QED) is 0.210. The fourth-order valence-corrected chi connectivity index (χ4v) is 5.96. The van der Waals surface area contributed by atoms with Gasteiger partial charge in [-0.3, -0.25) is 0 Å². The third kappa shape index (κ3) is 4.81. The highest BCUT2D eigenvalue weighted by Crippen LogP contribution is 2.38. The molecule has 0 fully saturated rings. The van der Waals surface area contributed by atoms with Crippen LogP contribution in [0.2, 0.25) is 0 Å². The van der Waals surface area contributed by atoms with E-state index in [0.717, 1.165) is 27.8 Å². The number of hydrogen-bond donors (Lipinski definition) is 0. The number of aromatic nitrogens is 3. The van der Waals surface area contributed by atoms with Crippen molar-refractivity contribution in [2.24, 2.45) is 0 Å². The Balaban J connectivity index is 1.41. The molecule has 44 heavy (non-hydrogen) atoms. The van der Waals surface area contributed by atoms with Crippen LogP contribution in [-0.2, 0) is 0 Å². The van der Waals surface area contributed by atoms with E-state index in [1.807, 2.05) is 60.7 Å². The maximum Gasteiger partial charge on any atom is 0.164 e. The highest BCUT2D eigenvalue weighted by molar-refractivity contribution is 6.01. The van der Waals surface area contributed by atoms with Crippen LogP contribution in [0.5, 0.6) is 0 Å². The molecule has 7 aromatic carbocycles. The van der Waals surface area contributed by atoms with E-state index >= 15 is 0 Å². The summed E-state index contributed by atoms with van der Waals surface area (Å²) >= 11 is 0. The molecule has 1 heterocycles. The number of rotatable bonds is 5. The van der Waals surface area contributed by atoms with Crippen LogP contribution in [0, 0.1) is 0 Å². The number of nitrogens with zero attached hydrogens (tertiary/aromatic N) is 3. The van der Waals surface area contributed by atoms with Crippen molar-refractivity contribution in [1.29, 1.82) is 0 Å². The van der Waals surface area contributed by atoms with Crippen LogP contribution < -0.4 is 0 Å². The fraction of sp³-hybridized carbons (Fsp3) is 0.